The Balaban J connectivity index is 2.00. The summed E-state index contributed by atoms with van der Waals surface area (Å²) in [7, 11) is 0. The third-order valence-corrected chi connectivity index (χ3v) is 4.11. The number of alkyl halides is 1. The topological polar surface area (TPSA) is 29.1 Å². The molecule has 0 heterocycles. The number of carbonyl (C=O) groups is 1. The van der Waals surface area contributed by atoms with Gasteiger partial charge < -0.3 is 5.32 Å². The Morgan fingerprint density at radius 1 is 1.20 bits per heavy atom. The summed E-state index contributed by atoms with van der Waals surface area (Å²) in [5, 5.41) is 3.06. The van der Waals surface area contributed by atoms with Crippen molar-refractivity contribution in [3.8, 4) is 0 Å². The van der Waals surface area contributed by atoms with Gasteiger partial charge in [0, 0.05) is 16.0 Å². The fraction of sp³-hybridized carbons (Fsp3) is 0.133. The molecule has 2 aromatic rings. The molecule has 0 saturated heterocycles. The molecule has 2 nitrogen and oxygen atoms in total. The monoisotopic (exact) mass is 371 g/mol. The summed E-state index contributed by atoms with van der Waals surface area (Å²) in [6.07, 6.45) is 0. The molecule has 5 heteroatoms. The maximum atomic E-state index is 12.1. The van der Waals surface area contributed by atoms with Crippen LogP contribution in [0, 0.1) is 0 Å². The van der Waals surface area contributed by atoms with Gasteiger partial charge >= 0.3 is 0 Å². The maximum absolute atomic E-state index is 12.1. The summed E-state index contributed by atoms with van der Waals surface area (Å²) < 4.78 is 0.699. The van der Waals surface area contributed by atoms with E-state index in [-0.39, 0.29) is 11.3 Å². The van der Waals surface area contributed by atoms with Gasteiger partial charge in [-0.25, -0.2) is 0 Å². The highest BCUT2D eigenvalue weighted by Gasteiger charge is 2.13. The Labute approximate surface area is 136 Å². The van der Waals surface area contributed by atoms with Crippen molar-refractivity contribution in [2.75, 3.05) is 6.54 Å². The van der Waals surface area contributed by atoms with Crippen LogP contribution in [0.1, 0.15) is 21.3 Å². The Bertz CT molecular complexity index is 604. The zero-order valence-electron chi connectivity index (χ0n) is 10.4. The van der Waals surface area contributed by atoms with E-state index in [0.717, 1.165) is 5.56 Å². The lowest BCUT2D eigenvalue weighted by molar-refractivity contribution is 0.0953. The van der Waals surface area contributed by atoms with Gasteiger partial charge in [0.2, 0.25) is 0 Å². The molecule has 0 spiro atoms. The molecule has 20 heavy (non-hydrogen) atoms. The normalized spacial score (nSPS) is 11.9. The van der Waals surface area contributed by atoms with Crippen LogP contribution in [0.4, 0.5) is 0 Å². The van der Waals surface area contributed by atoms with Crippen LogP contribution >= 0.6 is 39.1 Å². The van der Waals surface area contributed by atoms with Gasteiger partial charge in [-0.2, -0.15) is 0 Å². The molecule has 0 bridgehead atoms. The van der Waals surface area contributed by atoms with Crippen LogP contribution < -0.4 is 5.32 Å². The van der Waals surface area contributed by atoms with Crippen molar-refractivity contribution < 1.29 is 4.79 Å². The quantitative estimate of drug-likeness (QED) is 0.766. The molecular weight excluding hydrogens is 361 g/mol. The van der Waals surface area contributed by atoms with Crippen molar-refractivity contribution >= 4 is 45.0 Å². The molecule has 1 amide bonds. The van der Waals surface area contributed by atoms with Crippen LogP contribution in [0.5, 0.6) is 0 Å². The summed E-state index contributed by atoms with van der Waals surface area (Å²) in [6.45, 7) is 0.351. The lowest BCUT2D eigenvalue weighted by Crippen LogP contribution is -2.27. The van der Waals surface area contributed by atoms with Crippen LogP contribution in [0.25, 0.3) is 0 Å². The van der Waals surface area contributed by atoms with Gasteiger partial charge in [0.1, 0.15) is 0 Å². The Morgan fingerprint density at radius 2 is 1.90 bits per heavy atom. The minimum Gasteiger partial charge on any atom is -0.350 e. The SMILES string of the molecule is O=C(NCC(Cl)c1ccccc1)c1cc(Cl)ccc1Br. The number of hydrogen-bond acceptors (Lipinski definition) is 1. The minimum absolute atomic E-state index is 0.207. The van der Waals surface area contributed by atoms with Gasteiger partial charge in [0.15, 0.2) is 0 Å². The fourth-order valence-corrected chi connectivity index (χ4v) is 2.55. The second-order valence-electron chi connectivity index (χ2n) is 4.21. The molecule has 0 aliphatic rings. The average molecular weight is 373 g/mol. The highest BCUT2D eigenvalue weighted by molar-refractivity contribution is 9.10. The number of halogens is 3. The maximum Gasteiger partial charge on any atom is 0.252 e. The van der Waals surface area contributed by atoms with Crippen LogP contribution in [0.2, 0.25) is 5.02 Å². The van der Waals surface area contributed by atoms with E-state index in [2.05, 4.69) is 21.2 Å². The van der Waals surface area contributed by atoms with Crippen LogP contribution in [0.3, 0.4) is 0 Å². The first-order valence-electron chi connectivity index (χ1n) is 6.00. The third kappa shape index (κ3) is 3.98. The smallest absolute Gasteiger partial charge is 0.252 e. The van der Waals surface area contributed by atoms with Crippen molar-refractivity contribution in [2.24, 2.45) is 0 Å². The minimum atomic E-state index is -0.266. The highest BCUT2D eigenvalue weighted by atomic mass is 79.9. The number of rotatable bonds is 4. The lowest BCUT2D eigenvalue weighted by Gasteiger charge is -2.12. The summed E-state index contributed by atoms with van der Waals surface area (Å²) in [5.41, 5.74) is 1.47. The van der Waals surface area contributed by atoms with Gasteiger partial charge in [-0.3, -0.25) is 4.79 Å². The van der Waals surface area contributed by atoms with E-state index in [1.807, 2.05) is 30.3 Å². The first-order valence-corrected chi connectivity index (χ1v) is 7.61. The second-order valence-corrected chi connectivity index (χ2v) is 6.03. The molecule has 1 atom stereocenters. The summed E-state index contributed by atoms with van der Waals surface area (Å²) in [4.78, 5) is 12.1. The van der Waals surface area contributed by atoms with Crippen molar-refractivity contribution in [2.45, 2.75) is 5.38 Å². The van der Waals surface area contributed by atoms with Gasteiger partial charge in [0.05, 0.1) is 10.9 Å². The Morgan fingerprint density at radius 3 is 2.60 bits per heavy atom. The molecule has 0 aliphatic heterocycles. The van der Waals surface area contributed by atoms with Crippen molar-refractivity contribution in [3.05, 3.63) is 69.2 Å². The molecule has 2 aromatic carbocycles. The standard InChI is InChI=1S/C15H12BrCl2NO/c16-13-7-6-11(17)8-12(13)15(20)19-9-14(18)10-4-2-1-3-5-10/h1-8,14H,9H2,(H,19,20). The average Bonchev–Trinajstić information content (AvgIpc) is 2.47. The zero-order valence-corrected chi connectivity index (χ0v) is 13.5. The Kier molecular flexibility index (Phi) is 5.46. The van der Waals surface area contributed by atoms with Crippen molar-refractivity contribution in [1.29, 1.82) is 0 Å². The van der Waals surface area contributed by atoms with E-state index in [1.54, 1.807) is 18.2 Å². The first kappa shape index (κ1) is 15.4. The van der Waals surface area contributed by atoms with E-state index in [4.69, 9.17) is 23.2 Å². The summed E-state index contributed by atoms with van der Waals surface area (Å²) >= 11 is 15.5. The van der Waals surface area contributed by atoms with Gasteiger partial charge in [0.25, 0.3) is 5.91 Å². The molecule has 0 radical (unpaired) electrons. The van der Waals surface area contributed by atoms with Crippen LogP contribution in [-0.4, -0.2) is 12.5 Å². The van der Waals surface area contributed by atoms with Gasteiger partial charge in [-0.1, -0.05) is 41.9 Å². The van der Waals surface area contributed by atoms with Crippen molar-refractivity contribution in [3.63, 3.8) is 0 Å². The molecule has 0 saturated carbocycles. The molecular formula is C15H12BrCl2NO. The van der Waals surface area contributed by atoms with E-state index in [0.29, 0.717) is 21.6 Å². The largest absolute Gasteiger partial charge is 0.350 e. The second kappa shape index (κ2) is 7.11. The predicted octanol–water partition coefficient (Wildman–Crippen LogP) is 4.81. The predicted molar refractivity (Wildman–Crippen MR) is 86.5 cm³/mol. The van der Waals surface area contributed by atoms with E-state index in [9.17, 15) is 4.79 Å². The molecule has 2 rings (SSSR count). The van der Waals surface area contributed by atoms with Crippen molar-refractivity contribution in [1.82, 2.24) is 5.32 Å². The molecule has 0 aromatic heterocycles. The number of carbonyl (C=O) groups excluding carboxylic acids is 1. The van der Waals surface area contributed by atoms with E-state index >= 15 is 0 Å². The van der Waals surface area contributed by atoms with E-state index < -0.39 is 0 Å². The fourth-order valence-electron chi connectivity index (χ4n) is 1.73. The molecule has 1 N–H and O–H groups in total. The third-order valence-electron chi connectivity index (χ3n) is 2.78. The van der Waals surface area contributed by atoms with Gasteiger partial charge in [-0.05, 0) is 39.7 Å². The molecule has 0 fully saturated rings. The number of amides is 1. The zero-order chi connectivity index (χ0) is 14.5. The number of hydrogen-bond donors (Lipinski definition) is 1. The molecule has 104 valence electrons. The number of benzene rings is 2. The summed E-state index contributed by atoms with van der Waals surface area (Å²) in [6, 6.07) is 14.7. The summed E-state index contributed by atoms with van der Waals surface area (Å²) in [5.74, 6) is -0.207. The van der Waals surface area contributed by atoms with Crippen LogP contribution in [-0.2, 0) is 0 Å². The van der Waals surface area contributed by atoms with Crippen LogP contribution in [0.15, 0.2) is 53.0 Å². The van der Waals surface area contributed by atoms with E-state index in [1.165, 1.54) is 0 Å². The molecule has 0 aliphatic carbocycles. The highest BCUT2D eigenvalue weighted by Crippen LogP contribution is 2.22. The lowest BCUT2D eigenvalue weighted by atomic mass is 10.1. The first-order chi connectivity index (χ1) is 9.58. The molecule has 1 unspecified atom stereocenters. The van der Waals surface area contributed by atoms with Gasteiger partial charge in [-0.15, -0.1) is 11.6 Å². The Hall–Kier alpha value is -1.03. The number of nitrogens with one attached hydrogen (secondary N) is 1.